The normalized spacial score (nSPS) is 15.3. The smallest absolute Gasteiger partial charge is 0.315 e. The Morgan fingerprint density at radius 2 is 0.568 bits per heavy atom. The Labute approximate surface area is 594 Å². The van der Waals surface area contributed by atoms with Crippen LogP contribution in [0.4, 0.5) is 0 Å². The van der Waals surface area contributed by atoms with E-state index < -0.39 is 110 Å². The molecule has 0 aliphatic rings. The molecule has 3 atom stereocenters. The molecule has 0 saturated heterocycles. The van der Waals surface area contributed by atoms with Gasteiger partial charge in [-0.1, -0.05) is 71.6 Å². The zero-order valence-electron chi connectivity index (χ0n) is 65.8. The third-order valence-electron chi connectivity index (χ3n) is 16.2. The Morgan fingerprint density at radius 3 is 0.895 bits per heavy atom. The zero-order valence-corrected chi connectivity index (χ0v) is 76.8. The summed E-state index contributed by atoms with van der Waals surface area (Å²) in [7, 11) is -22.7. The van der Waals surface area contributed by atoms with Crippen molar-refractivity contribution in [1.29, 1.82) is 0 Å². The van der Waals surface area contributed by atoms with Crippen LogP contribution in [-0.2, 0) is 47.1 Å². The van der Waals surface area contributed by atoms with Crippen LogP contribution in [-0.4, -0.2) is 237 Å². The molecule has 0 aromatic heterocycles. The summed E-state index contributed by atoms with van der Waals surface area (Å²) in [5.41, 5.74) is -1.10. The molecular formula is C64H156O20Si11. The molecule has 0 fully saturated rings. The summed E-state index contributed by atoms with van der Waals surface area (Å²) in [5.74, 6) is 0. The molecule has 0 heterocycles. The third kappa shape index (κ3) is 55.7. The summed E-state index contributed by atoms with van der Waals surface area (Å²) in [6.45, 7) is 55.4. The first-order valence-corrected chi connectivity index (χ1v) is 69.2. The van der Waals surface area contributed by atoms with E-state index >= 15 is 0 Å². The highest BCUT2D eigenvalue weighted by Crippen LogP contribution is 2.34. The second-order valence-corrected chi connectivity index (χ2v) is 77.9. The van der Waals surface area contributed by atoms with Crippen LogP contribution < -0.4 is 0 Å². The summed E-state index contributed by atoms with van der Waals surface area (Å²) in [6.07, 6.45) is 15.8. The lowest BCUT2D eigenvalue weighted by molar-refractivity contribution is -0.0299. The van der Waals surface area contributed by atoms with Gasteiger partial charge in [0.15, 0.2) is 49.9 Å². The molecular weight excluding hydrogens is 1400 g/mol. The van der Waals surface area contributed by atoms with Gasteiger partial charge in [0.05, 0.1) is 52.9 Å². The first kappa shape index (κ1) is 101. The highest BCUT2D eigenvalue weighted by molar-refractivity contribution is 6.91. The van der Waals surface area contributed by atoms with Crippen LogP contribution in [0.3, 0.4) is 0 Å². The summed E-state index contributed by atoms with van der Waals surface area (Å²) in [4.78, 5) is 0. The standard InChI is InChI=1S/C25H60O6Si4.C24H56O8Si3.C15H40O6Si4/c1-32(2,23-17-11-8-14-20-26)29-34(5,6)31-35(7,25-19-13-10-16-22-28)30-33(3,4)24-18-12-9-15-21-27;1-9-23(17-25,18-26)21-29-13-11-15-33(3,4)31-35(7,8)32-34(5,6)16-12-14-30-22-24(10-2,19-27)20-28;1-22(2,3)19-24(7,8)21-25(9,20-23(4,5)6)12-10-11-18-14-15(17)13-16/h26-28H,8-25H2,1-7H3;25-28H,9-22H2,1-8H3;15-17H,10-14H2,1-9H3. The van der Waals surface area contributed by atoms with Crippen LogP contribution in [0.25, 0.3) is 0 Å². The molecule has 20 nitrogen and oxygen atoms in total. The number of rotatable bonds is 59. The van der Waals surface area contributed by atoms with E-state index in [1.165, 1.54) is 0 Å². The van der Waals surface area contributed by atoms with Gasteiger partial charge in [-0.3, -0.25) is 0 Å². The Bertz CT molecular complexity index is 1800. The van der Waals surface area contributed by atoms with Crippen LogP contribution >= 0.6 is 0 Å². The highest BCUT2D eigenvalue weighted by atomic mass is 28.5. The van der Waals surface area contributed by atoms with Crippen molar-refractivity contribution in [2.24, 2.45) is 10.8 Å². The van der Waals surface area contributed by atoms with Crippen molar-refractivity contribution in [3.8, 4) is 0 Å². The number of ether oxygens (including phenoxy) is 3. The Kier molecular flexibility index (Phi) is 53.2. The van der Waals surface area contributed by atoms with E-state index in [4.69, 9.17) is 67.6 Å². The molecule has 0 bridgehead atoms. The summed E-state index contributed by atoms with van der Waals surface area (Å²) in [5, 5.41) is 83.4. The predicted octanol–water partition coefficient (Wildman–Crippen LogP) is 13.8. The summed E-state index contributed by atoms with van der Waals surface area (Å²) < 4.78 is 70.6. The van der Waals surface area contributed by atoms with Gasteiger partial charge < -0.3 is 93.1 Å². The van der Waals surface area contributed by atoms with E-state index in [1.807, 2.05) is 13.8 Å². The second kappa shape index (κ2) is 50.1. The van der Waals surface area contributed by atoms with Gasteiger partial charge in [-0.15, -0.1) is 0 Å². The van der Waals surface area contributed by atoms with Crippen LogP contribution in [0, 0.1) is 10.8 Å². The highest BCUT2D eigenvalue weighted by Gasteiger charge is 2.47. The van der Waals surface area contributed by atoms with Crippen LogP contribution in [0.5, 0.6) is 0 Å². The molecule has 0 rings (SSSR count). The van der Waals surface area contributed by atoms with Gasteiger partial charge in [0, 0.05) is 50.5 Å². The molecule has 576 valence electrons. The first-order valence-electron chi connectivity index (χ1n) is 36.5. The molecule has 0 saturated carbocycles. The van der Waals surface area contributed by atoms with Gasteiger partial charge >= 0.3 is 42.8 Å². The number of hydrogen-bond acceptors (Lipinski definition) is 20. The molecule has 0 aliphatic heterocycles. The van der Waals surface area contributed by atoms with Crippen LogP contribution in [0.1, 0.15) is 123 Å². The van der Waals surface area contributed by atoms with Crippen molar-refractivity contribution in [3.05, 3.63) is 0 Å². The lowest BCUT2D eigenvalue weighted by Gasteiger charge is -2.43. The monoisotopic (exact) mass is 1550 g/mol. The Hall–Kier alpha value is 1.59. The Balaban J connectivity index is -0.00000136. The van der Waals surface area contributed by atoms with Gasteiger partial charge in [-0.2, -0.15) is 0 Å². The molecule has 0 aromatic rings. The van der Waals surface area contributed by atoms with E-state index in [1.54, 1.807) is 0 Å². The van der Waals surface area contributed by atoms with Crippen molar-refractivity contribution in [2.45, 2.75) is 309 Å². The minimum Gasteiger partial charge on any atom is -0.437 e. The van der Waals surface area contributed by atoms with Crippen LogP contribution in [0.2, 0.25) is 180 Å². The third-order valence-corrected chi connectivity index (χ3v) is 57.4. The maximum atomic E-state index is 9.54. The molecule has 0 aliphatic carbocycles. The fourth-order valence-corrected chi connectivity index (χ4v) is 63.8. The van der Waals surface area contributed by atoms with Crippen molar-refractivity contribution in [1.82, 2.24) is 0 Å². The van der Waals surface area contributed by atoms with Crippen molar-refractivity contribution in [3.63, 3.8) is 0 Å². The van der Waals surface area contributed by atoms with Gasteiger partial charge in [0.2, 0.25) is 0 Å². The molecule has 0 amide bonds. The second-order valence-electron chi connectivity index (χ2n) is 32.9. The average molecular weight is 1550 g/mol. The van der Waals surface area contributed by atoms with Crippen molar-refractivity contribution < 1.29 is 93.1 Å². The minimum atomic E-state index is -2.41. The molecule has 0 spiro atoms. The van der Waals surface area contributed by atoms with Gasteiger partial charge in [0.25, 0.3) is 0 Å². The lowest BCUT2D eigenvalue weighted by Crippen LogP contribution is -2.57. The predicted molar refractivity (Wildman–Crippen MR) is 420 cm³/mol. The summed E-state index contributed by atoms with van der Waals surface area (Å²) in [6, 6.07) is 6.02. The topological polar surface area (TPSA) is 284 Å². The number of aliphatic hydroxyl groups is 9. The maximum Gasteiger partial charge on any atom is 0.315 e. The van der Waals surface area contributed by atoms with E-state index in [-0.39, 0.29) is 59.5 Å². The average Bonchev–Trinajstić information content (AvgIpc) is 0.834. The van der Waals surface area contributed by atoms with E-state index in [0.29, 0.717) is 45.9 Å². The lowest BCUT2D eigenvalue weighted by atomic mass is 9.88. The Morgan fingerprint density at radius 1 is 0.295 bits per heavy atom. The number of unbranched alkanes of at least 4 members (excludes halogenated alkanes) is 9. The molecule has 0 aromatic carbocycles. The minimum absolute atomic E-state index is 0.0723. The maximum absolute atomic E-state index is 9.54. The summed E-state index contributed by atoms with van der Waals surface area (Å²) >= 11 is 0. The SMILES string of the molecule is CCC(CO)(CO)COCCC[Si](C)(C)O[Si](C)(C)O[Si](C)(C)CCCOCC(CC)(CO)CO.C[Si](C)(C)O[Si](C)(C)O[Si](C)(CCCOCC(O)CO)O[Si](C)(C)C.C[Si](C)(CCCCCCO)O[Si](C)(C)O[Si](C)(CCCCCCO)O[Si](C)(C)CCCCCCO. The van der Waals surface area contributed by atoms with Crippen LogP contribution in [0.15, 0.2) is 0 Å². The van der Waals surface area contributed by atoms with Gasteiger partial charge in [-0.05, 0) is 232 Å². The largest absolute Gasteiger partial charge is 0.437 e. The van der Waals surface area contributed by atoms with Crippen molar-refractivity contribution >= 4 is 92.7 Å². The molecule has 3 unspecified atom stereocenters. The quantitative estimate of drug-likeness (QED) is 0.0202. The van der Waals surface area contributed by atoms with E-state index in [2.05, 4.69) is 144 Å². The molecule has 9 N–H and O–H groups in total. The van der Waals surface area contributed by atoms with Gasteiger partial charge in [0.1, 0.15) is 6.10 Å². The fraction of sp³-hybridized carbons (Fsp3) is 1.00. The number of hydrogen-bond donors (Lipinski definition) is 9. The van der Waals surface area contributed by atoms with Crippen molar-refractivity contribution in [2.75, 3.05) is 92.5 Å². The number of aliphatic hydroxyl groups excluding tert-OH is 9. The van der Waals surface area contributed by atoms with E-state index in [9.17, 15) is 25.5 Å². The molecule has 31 heteroatoms. The first-order chi connectivity index (χ1) is 43.6. The zero-order chi connectivity index (χ0) is 74.0. The van der Waals surface area contributed by atoms with Gasteiger partial charge in [-0.25, -0.2) is 0 Å². The molecule has 0 radical (unpaired) electrons. The fourth-order valence-electron chi connectivity index (χ4n) is 11.9. The van der Waals surface area contributed by atoms with E-state index in [0.717, 1.165) is 133 Å². The molecule has 95 heavy (non-hydrogen) atoms.